The second-order valence-electron chi connectivity index (χ2n) is 4.20. The lowest BCUT2D eigenvalue weighted by molar-refractivity contribution is 0.628. The highest BCUT2D eigenvalue weighted by Gasteiger charge is 2.11. The van der Waals surface area contributed by atoms with Crippen LogP contribution in [0.5, 0.6) is 0 Å². The molecule has 0 bridgehead atoms. The van der Waals surface area contributed by atoms with Crippen LogP contribution in [0.3, 0.4) is 0 Å². The summed E-state index contributed by atoms with van der Waals surface area (Å²) in [5, 5.41) is 3.16. The summed E-state index contributed by atoms with van der Waals surface area (Å²) in [6.07, 6.45) is 3.08. The van der Waals surface area contributed by atoms with E-state index in [1.165, 1.54) is 18.5 Å². The van der Waals surface area contributed by atoms with E-state index >= 15 is 0 Å². The van der Waals surface area contributed by atoms with Gasteiger partial charge in [0, 0.05) is 11.3 Å². The largest absolute Gasteiger partial charge is 0.340 e. The van der Waals surface area contributed by atoms with E-state index in [1.807, 2.05) is 6.92 Å². The molecule has 20 heavy (non-hydrogen) atoms. The van der Waals surface area contributed by atoms with Crippen molar-refractivity contribution in [3.05, 3.63) is 40.9 Å². The Morgan fingerprint density at radius 1 is 1.30 bits per heavy atom. The molecule has 0 fully saturated rings. The Morgan fingerprint density at radius 2 is 2.05 bits per heavy atom. The van der Waals surface area contributed by atoms with Crippen LogP contribution in [-0.2, 0) is 6.42 Å². The van der Waals surface area contributed by atoms with Crippen LogP contribution in [-0.4, -0.2) is 9.97 Å². The predicted molar refractivity (Wildman–Crippen MR) is 78.5 cm³/mol. The van der Waals surface area contributed by atoms with E-state index in [2.05, 4.69) is 20.7 Å². The fourth-order valence-corrected chi connectivity index (χ4v) is 2.02. The highest BCUT2D eigenvalue weighted by molar-refractivity contribution is 6.31. The standard InChI is InChI=1S/C13H15ClFN5/c1-2-3-9-12(17-7-18-13(9)20-16)19-8-4-5-11(15)10(14)6-8/h4-7H,2-3,16H2,1H3,(H2,17,18,19,20). The van der Waals surface area contributed by atoms with Crippen molar-refractivity contribution in [1.82, 2.24) is 9.97 Å². The van der Waals surface area contributed by atoms with Crippen LogP contribution in [0.15, 0.2) is 24.5 Å². The van der Waals surface area contributed by atoms with Crippen LogP contribution >= 0.6 is 11.6 Å². The second-order valence-corrected chi connectivity index (χ2v) is 4.60. The molecule has 0 spiro atoms. The fourth-order valence-electron chi connectivity index (χ4n) is 1.84. The van der Waals surface area contributed by atoms with Gasteiger partial charge in [-0.1, -0.05) is 24.9 Å². The van der Waals surface area contributed by atoms with Crippen LogP contribution in [0.1, 0.15) is 18.9 Å². The molecule has 0 aliphatic carbocycles. The van der Waals surface area contributed by atoms with E-state index < -0.39 is 5.82 Å². The van der Waals surface area contributed by atoms with Gasteiger partial charge in [-0.3, -0.25) is 0 Å². The van der Waals surface area contributed by atoms with Gasteiger partial charge in [-0.15, -0.1) is 0 Å². The molecule has 0 aliphatic heterocycles. The van der Waals surface area contributed by atoms with Crippen molar-refractivity contribution in [2.75, 3.05) is 10.7 Å². The molecule has 0 saturated heterocycles. The van der Waals surface area contributed by atoms with Crippen LogP contribution in [0, 0.1) is 5.82 Å². The molecule has 1 aromatic heterocycles. The zero-order valence-electron chi connectivity index (χ0n) is 11.0. The molecule has 0 radical (unpaired) electrons. The Morgan fingerprint density at radius 3 is 2.70 bits per heavy atom. The smallest absolute Gasteiger partial charge is 0.148 e. The van der Waals surface area contributed by atoms with E-state index in [-0.39, 0.29) is 5.02 Å². The van der Waals surface area contributed by atoms with E-state index in [9.17, 15) is 4.39 Å². The molecule has 5 nitrogen and oxygen atoms in total. The summed E-state index contributed by atoms with van der Waals surface area (Å²) >= 11 is 5.76. The molecular formula is C13H15ClFN5. The molecule has 4 N–H and O–H groups in total. The number of rotatable bonds is 5. The summed E-state index contributed by atoms with van der Waals surface area (Å²) < 4.78 is 13.1. The fraction of sp³-hybridized carbons (Fsp3) is 0.231. The van der Waals surface area contributed by atoms with Crippen LogP contribution in [0.2, 0.25) is 5.02 Å². The van der Waals surface area contributed by atoms with Gasteiger partial charge in [-0.2, -0.15) is 0 Å². The van der Waals surface area contributed by atoms with Crippen molar-refractivity contribution in [2.24, 2.45) is 5.84 Å². The topological polar surface area (TPSA) is 75.9 Å². The number of anilines is 3. The minimum absolute atomic E-state index is 0.0540. The van der Waals surface area contributed by atoms with Gasteiger partial charge in [0.25, 0.3) is 0 Å². The second kappa shape index (κ2) is 6.49. The lowest BCUT2D eigenvalue weighted by atomic mass is 10.1. The lowest BCUT2D eigenvalue weighted by Crippen LogP contribution is -2.13. The van der Waals surface area contributed by atoms with Gasteiger partial charge >= 0.3 is 0 Å². The summed E-state index contributed by atoms with van der Waals surface area (Å²) in [4.78, 5) is 8.28. The van der Waals surface area contributed by atoms with Gasteiger partial charge in [0.15, 0.2) is 0 Å². The molecule has 2 rings (SSSR count). The lowest BCUT2D eigenvalue weighted by Gasteiger charge is -2.13. The molecule has 1 aromatic carbocycles. The summed E-state index contributed by atoms with van der Waals surface area (Å²) in [5.41, 5.74) is 4.07. The van der Waals surface area contributed by atoms with Gasteiger partial charge < -0.3 is 10.7 Å². The van der Waals surface area contributed by atoms with Crippen LogP contribution in [0.25, 0.3) is 0 Å². The number of nitrogens with zero attached hydrogens (tertiary/aromatic N) is 2. The van der Waals surface area contributed by atoms with E-state index in [4.69, 9.17) is 17.4 Å². The SMILES string of the molecule is CCCc1c(NN)ncnc1Nc1ccc(F)c(Cl)c1. The number of nitrogen functional groups attached to an aromatic ring is 1. The molecular weight excluding hydrogens is 281 g/mol. The molecule has 0 amide bonds. The first-order valence-electron chi connectivity index (χ1n) is 6.18. The van der Waals surface area contributed by atoms with Gasteiger partial charge in [-0.25, -0.2) is 20.2 Å². The number of hydrogen-bond acceptors (Lipinski definition) is 5. The summed E-state index contributed by atoms with van der Waals surface area (Å²) in [6, 6.07) is 4.40. The maximum absolute atomic E-state index is 13.1. The molecule has 0 unspecified atom stereocenters. The zero-order valence-corrected chi connectivity index (χ0v) is 11.7. The Bertz CT molecular complexity index is 605. The van der Waals surface area contributed by atoms with Gasteiger partial charge in [0.05, 0.1) is 5.02 Å². The first-order valence-corrected chi connectivity index (χ1v) is 6.56. The quantitative estimate of drug-likeness (QED) is 0.583. The number of aromatic nitrogens is 2. The molecule has 1 heterocycles. The van der Waals surface area contributed by atoms with E-state index in [1.54, 1.807) is 6.07 Å². The van der Waals surface area contributed by atoms with Crippen LogP contribution < -0.4 is 16.6 Å². The number of nitrogens with one attached hydrogen (secondary N) is 2. The Hall–Kier alpha value is -1.92. The predicted octanol–water partition coefficient (Wildman–Crippen LogP) is 3.25. The first-order chi connectivity index (χ1) is 9.65. The molecule has 0 atom stereocenters. The Kier molecular flexibility index (Phi) is 4.70. The van der Waals surface area contributed by atoms with Crippen molar-refractivity contribution in [3.8, 4) is 0 Å². The van der Waals surface area contributed by atoms with Crippen molar-refractivity contribution in [2.45, 2.75) is 19.8 Å². The van der Waals surface area contributed by atoms with Crippen molar-refractivity contribution < 1.29 is 4.39 Å². The summed E-state index contributed by atoms with van der Waals surface area (Å²) in [5.74, 6) is 6.18. The van der Waals surface area contributed by atoms with Gasteiger partial charge in [0.2, 0.25) is 0 Å². The number of hydrazine groups is 1. The van der Waals surface area contributed by atoms with Crippen molar-refractivity contribution in [1.29, 1.82) is 0 Å². The highest BCUT2D eigenvalue weighted by Crippen LogP contribution is 2.26. The third-order valence-corrected chi connectivity index (χ3v) is 3.05. The van der Waals surface area contributed by atoms with Gasteiger partial charge in [0.1, 0.15) is 23.8 Å². The zero-order chi connectivity index (χ0) is 14.5. The third-order valence-electron chi connectivity index (χ3n) is 2.76. The summed E-state index contributed by atoms with van der Waals surface area (Å²) in [7, 11) is 0. The third kappa shape index (κ3) is 3.15. The molecule has 106 valence electrons. The average molecular weight is 296 g/mol. The minimum Gasteiger partial charge on any atom is -0.340 e. The average Bonchev–Trinajstić information content (AvgIpc) is 2.45. The maximum atomic E-state index is 13.1. The van der Waals surface area contributed by atoms with Crippen molar-refractivity contribution in [3.63, 3.8) is 0 Å². The number of benzene rings is 1. The Balaban J connectivity index is 2.34. The number of halogens is 2. The van der Waals surface area contributed by atoms with Crippen molar-refractivity contribution >= 4 is 28.9 Å². The molecule has 7 heteroatoms. The monoisotopic (exact) mass is 295 g/mol. The molecule has 0 saturated carbocycles. The minimum atomic E-state index is -0.460. The normalized spacial score (nSPS) is 10.4. The van der Waals surface area contributed by atoms with Crippen LogP contribution in [0.4, 0.5) is 21.7 Å². The maximum Gasteiger partial charge on any atom is 0.148 e. The molecule has 0 aliphatic rings. The van der Waals surface area contributed by atoms with Gasteiger partial charge in [-0.05, 0) is 24.6 Å². The summed E-state index contributed by atoms with van der Waals surface area (Å²) in [6.45, 7) is 2.05. The molecule has 2 aromatic rings. The van der Waals surface area contributed by atoms with E-state index in [0.717, 1.165) is 18.4 Å². The highest BCUT2D eigenvalue weighted by atomic mass is 35.5. The first kappa shape index (κ1) is 14.5. The number of nitrogens with two attached hydrogens (primary N) is 1. The Labute approximate surface area is 121 Å². The number of hydrogen-bond donors (Lipinski definition) is 3. The van der Waals surface area contributed by atoms with E-state index in [0.29, 0.717) is 17.3 Å².